The Morgan fingerprint density at radius 1 is 0.841 bits per heavy atom. The lowest BCUT2D eigenvalue weighted by atomic mass is 10.0. The average molecular weight is 604 g/mol. The summed E-state index contributed by atoms with van der Waals surface area (Å²) in [7, 11) is 0. The van der Waals surface area contributed by atoms with Crippen molar-refractivity contribution in [1.29, 1.82) is 0 Å². The van der Waals surface area contributed by atoms with E-state index in [0.717, 1.165) is 29.2 Å². The first kappa shape index (κ1) is 33.8. The van der Waals surface area contributed by atoms with Gasteiger partial charge in [-0.3, -0.25) is 4.79 Å². The number of benzene rings is 3. The Morgan fingerprint density at radius 2 is 1.43 bits per heavy atom. The second kappa shape index (κ2) is 16.2. The molecule has 0 aromatic heterocycles. The Kier molecular flexibility index (Phi) is 12.5. The summed E-state index contributed by atoms with van der Waals surface area (Å²) in [5.74, 6) is -2.53. The molecule has 234 valence electrons. The second-order valence-corrected chi connectivity index (χ2v) is 10.9. The molecule has 0 aliphatic carbocycles. The molecular formula is C34H41N3O7. The molecule has 0 bridgehead atoms. The van der Waals surface area contributed by atoms with Crippen molar-refractivity contribution >= 4 is 23.9 Å². The first-order valence-electron chi connectivity index (χ1n) is 14.6. The fourth-order valence-corrected chi connectivity index (χ4v) is 4.60. The summed E-state index contributed by atoms with van der Waals surface area (Å²) in [6, 6.07) is 24.8. The molecule has 0 saturated carbocycles. The number of carbonyl (C=O) groups excluding carboxylic acids is 4. The molecule has 0 aliphatic heterocycles. The summed E-state index contributed by atoms with van der Waals surface area (Å²) in [5, 5.41) is 16.0. The van der Waals surface area contributed by atoms with E-state index in [9.17, 15) is 24.3 Å². The lowest BCUT2D eigenvalue weighted by molar-refractivity contribution is -0.172. The number of aliphatic hydroxyl groups is 1. The predicted octanol–water partition coefficient (Wildman–Crippen LogP) is 4.06. The van der Waals surface area contributed by atoms with Crippen LogP contribution in [0.3, 0.4) is 0 Å². The summed E-state index contributed by atoms with van der Waals surface area (Å²) in [5.41, 5.74) is 1.12. The Bertz CT molecular complexity index is 1380. The Balaban J connectivity index is 1.85. The summed E-state index contributed by atoms with van der Waals surface area (Å²) < 4.78 is 10.6. The maximum Gasteiger partial charge on any atom is 0.361 e. The highest BCUT2D eigenvalue weighted by Crippen LogP contribution is 2.20. The van der Waals surface area contributed by atoms with Crippen LogP contribution in [-0.2, 0) is 36.9 Å². The van der Waals surface area contributed by atoms with Crippen LogP contribution in [-0.4, -0.2) is 65.3 Å². The molecule has 0 spiro atoms. The van der Waals surface area contributed by atoms with Gasteiger partial charge in [-0.1, -0.05) is 98.8 Å². The molecule has 44 heavy (non-hydrogen) atoms. The normalized spacial score (nSPS) is 12.9. The van der Waals surface area contributed by atoms with Crippen molar-refractivity contribution in [2.75, 3.05) is 19.7 Å². The van der Waals surface area contributed by atoms with Gasteiger partial charge in [0.25, 0.3) is 5.72 Å². The van der Waals surface area contributed by atoms with Crippen molar-refractivity contribution in [1.82, 2.24) is 15.5 Å². The molecule has 3 aromatic carbocycles. The zero-order chi connectivity index (χ0) is 32.1. The summed E-state index contributed by atoms with van der Waals surface area (Å²) in [6.45, 7) is 5.86. The molecule has 1 unspecified atom stereocenters. The van der Waals surface area contributed by atoms with Crippen LogP contribution < -0.4 is 10.6 Å². The summed E-state index contributed by atoms with van der Waals surface area (Å²) >= 11 is 0. The highest BCUT2D eigenvalue weighted by molar-refractivity contribution is 5.87. The van der Waals surface area contributed by atoms with Gasteiger partial charge in [-0.2, -0.15) is 0 Å². The third-order valence-corrected chi connectivity index (χ3v) is 6.60. The van der Waals surface area contributed by atoms with E-state index < -0.39 is 42.2 Å². The molecule has 0 fully saturated rings. The van der Waals surface area contributed by atoms with Gasteiger partial charge in [-0.15, -0.1) is 0 Å². The number of amides is 3. The predicted molar refractivity (Wildman–Crippen MR) is 166 cm³/mol. The van der Waals surface area contributed by atoms with Crippen molar-refractivity contribution in [2.24, 2.45) is 5.92 Å². The van der Waals surface area contributed by atoms with E-state index in [-0.39, 0.29) is 32.1 Å². The van der Waals surface area contributed by atoms with Crippen LogP contribution >= 0.6 is 0 Å². The number of urea groups is 1. The standard InChI is InChI=1S/C34H41N3O7/c1-5-43-32(40)34(42,36-25(4)38)23-37(21-24(2)3)33(41)35-30(31(39)44-22-27-12-8-6-9-13-27)20-26-16-18-29(19-17-26)28-14-10-7-11-15-28/h6-19,24,30,42H,5,20-23H2,1-4H3,(H,35,41)(H,36,38)/t30-,34?/m0/s1. The fraction of sp³-hybridized carbons (Fsp3) is 0.353. The van der Waals surface area contributed by atoms with Crippen molar-refractivity contribution in [3.63, 3.8) is 0 Å². The van der Waals surface area contributed by atoms with Crippen LogP contribution in [0, 0.1) is 5.92 Å². The molecule has 0 radical (unpaired) electrons. The van der Waals surface area contributed by atoms with Crippen molar-refractivity contribution in [3.8, 4) is 11.1 Å². The number of hydrogen-bond donors (Lipinski definition) is 3. The van der Waals surface area contributed by atoms with Gasteiger partial charge in [0, 0.05) is 19.9 Å². The Hall–Kier alpha value is -4.70. The van der Waals surface area contributed by atoms with Gasteiger partial charge in [-0.25, -0.2) is 14.4 Å². The second-order valence-electron chi connectivity index (χ2n) is 10.9. The number of hydrogen-bond acceptors (Lipinski definition) is 7. The quantitative estimate of drug-likeness (QED) is 0.187. The van der Waals surface area contributed by atoms with Crippen molar-refractivity contribution in [3.05, 3.63) is 96.1 Å². The molecule has 3 amide bonds. The Morgan fingerprint density at radius 3 is 2.00 bits per heavy atom. The number of esters is 2. The van der Waals surface area contributed by atoms with Gasteiger partial charge in [0.2, 0.25) is 5.91 Å². The topological polar surface area (TPSA) is 134 Å². The fourth-order valence-electron chi connectivity index (χ4n) is 4.60. The van der Waals surface area contributed by atoms with E-state index >= 15 is 0 Å². The van der Waals surface area contributed by atoms with Crippen LogP contribution in [0.25, 0.3) is 11.1 Å². The highest BCUT2D eigenvalue weighted by atomic mass is 16.6. The molecule has 0 heterocycles. The largest absolute Gasteiger partial charge is 0.462 e. The monoisotopic (exact) mass is 603 g/mol. The third-order valence-electron chi connectivity index (χ3n) is 6.60. The minimum atomic E-state index is -2.50. The van der Waals surface area contributed by atoms with Crippen LogP contribution in [0.2, 0.25) is 0 Å². The lowest BCUT2D eigenvalue weighted by Gasteiger charge is -2.34. The van der Waals surface area contributed by atoms with Crippen LogP contribution in [0.5, 0.6) is 0 Å². The lowest BCUT2D eigenvalue weighted by Crippen LogP contribution is -2.63. The highest BCUT2D eigenvalue weighted by Gasteiger charge is 2.42. The minimum absolute atomic E-state index is 0.0137. The van der Waals surface area contributed by atoms with Crippen molar-refractivity contribution in [2.45, 2.75) is 52.5 Å². The molecule has 3 aromatic rings. The molecule has 0 saturated heterocycles. The van der Waals surface area contributed by atoms with Crippen molar-refractivity contribution < 1.29 is 33.8 Å². The van der Waals surface area contributed by atoms with Gasteiger partial charge in [-0.05, 0) is 35.1 Å². The van der Waals surface area contributed by atoms with Crippen LogP contribution in [0.15, 0.2) is 84.9 Å². The number of ether oxygens (including phenoxy) is 2. The van der Waals surface area contributed by atoms with Gasteiger partial charge in [0.05, 0.1) is 13.2 Å². The minimum Gasteiger partial charge on any atom is -0.462 e. The first-order valence-corrected chi connectivity index (χ1v) is 14.6. The van der Waals surface area contributed by atoms with Gasteiger partial charge in [0.15, 0.2) is 0 Å². The summed E-state index contributed by atoms with van der Waals surface area (Å²) in [6.07, 6.45) is 0.123. The summed E-state index contributed by atoms with van der Waals surface area (Å²) in [4.78, 5) is 52.7. The molecule has 10 nitrogen and oxygen atoms in total. The molecule has 2 atom stereocenters. The molecule has 0 aliphatic rings. The molecular weight excluding hydrogens is 562 g/mol. The van der Waals surface area contributed by atoms with E-state index in [1.165, 1.54) is 4.90 Å². The average Bonchev–Trinajstić information content (AvgIpc) is 3.00. The maximum atomic E-state index is 13.7. The van der Waals surface area contributed by atoms with Crippen LogP contribution in [0.4, 0.5) is 4.79 Å². The van der Waals surface area contributed by atoms with E-state index in [1.54, 1.807) is 6.92 Å². The van der Waals surface area contributed by atoms with Gasteiger partial charge >= 0.3 is 18.0 Å². The number of carbonyl (C=O) groups is 4. The maximum absolute atomic E-state index is 13.7. The SMILES string of the molecule is CCOC(=O)C(O)(CN(CC(C)C)C(=O)N[C@@H](Cc1ccc(-c2ccccc2)cc1)C(=O)OCc1ccccc1)NC(C)=O. The zero-order valence-electron chi connectivity index (χ0n) is 25.6. The number of rotatable bonds is 14. The number of nitrogens with zero attached hydrogens (tertiary/aromatic N) is 1. The van der Waals surface area contributed by atoms with Crippen LogP contribution in [0.1, 0.15) is 38.8 Å². The van der Waals surface area contributed by atoms with Gasteiger partial charge in [0.1, 0.15) is 12.6 Å². The zero-order valence-corrected chi connectivity index (χ0v) is 25.6. The first-order chi connectivity index (χ1) is 21.0. The molecule has 3 rings (SSSR count). The van der Waals surface area contributed by atoms with Gasteiger partial charge < -0.3 is 30.1 Å². The molecule has 3 N–H and O–H groups in total. The number of nitrogens with one attached hydrogen (secondary N) is 2. The molecule has 10 heteroatoms. The third kappa shape index (κ3) is 10.2. The van der Waals surface area contributed by atoms with E-state index in [2.05, 4.69) is 10.6 Å². The van der Waals surface area contributed by atoms with E-state index in [1.807, 2.05) is 98.8 Å². The smallest absolute Gasteiger partial charge is 0.361 e. The van der Waals surface area contributed by atoms with E-state index in [4.69, 9.17) is 9.47 Å². The van der Waals surface area contributed by atoms with E-state index in [0.29, 0.717) is 0 Å². The Labute approximate surface area is 258 Å².